The first kappa shape index (κ1) is 27.8. The van der Waals surface area contributed by atoms with Crippen LogP contribution in [0.4, 0.5) is 17.6 Å². The number of benzene rings is 4. The van der Waals surface area contributed by atoms with E-state index in [4.69, 9.17) is 4.74 Å². The van der Waals surface area contributed by atoms with Crippen molar-refractivity contribution in [3.8, 4) is 16.9 Å². The molecule has 0 unspecified atom stereocenters. The molecule has 0 aliphatic rings. The van der Waals surface area contributed by atoms with E-state index in [2.05, 4.69) is 19.1 Å². The highest BCUT2D eigenvalue weighted by molar-refractivity contribution is 5.92. The third-order valence-corrected chi connectivity index (χ3v) is 6.57. The summed E-state index contributed by atoms with van der Waals surface area (Å²) < 4.78 is 63.4. The number of rotatable bonds is 9. The Labute approximate surface area is 225 Å². The summed E-state index contributed by atoms with van der Waals surface area (Å²) in [5.74, 6) is -5.65. The molecule has 0 saturated carbocycles. The number of hydrogen-bond acceptors (Lipinski definition) is 2. The summed E-state index contributed by atoms with van der Waals surface area (Å²) in [6.07, 6.45) is 4.89. The van der Waals surface area contributed by atoms with Crippen LogP contribution in [0.3, 0.4) is 0 Å². The molecule has 0 fully saturated rings. The Morgan fingerprint density at radius 3 is 2.03 bits per heavy atom. The molecule has 0 aliphatic carbocycles. The van der Waals surface area contributed by atoms with Crippen LogP contribution in [-0.2, 0) is 12.8 Å². The molecule has 4 aromatic rings. The summed E-state index contributed by atoms with van der Waals surface area (Å²) in [6, 6.07) is 21.2. The fourth-order valence-electron chi connectivity index (χ4n) is 4.45. The van der Waals surface area contributed by atoms with Gasteiger partial charge < -0.3 is 4.74 Å². The molecule has 0 aromatic heterocycles. The molecule has 0 radical (unpaired) electrons. The second-order valence-electron chi connectivity index (χ2n) is 9.39. The third kappa shape index (κ3) is 6.82. The van der Waals surface area contributed by atoms with Crippen molar-refractivity contribution in [1.82, 2.24) is 0 Å². The van der Waals surface area contributed by atoms with Gasteiger partial charge in [-0.15, -0.1) is 0 Å². The van der Waals surface area contributed by atoms with E-state index in [0.717, 1.165) is 36.2 Å². The normalized spacial score (nSPS) is 12.1. The molecule has 4 rings (SSSR count). The number of esters is 1. The number of ether oxygens (including phenoxy) is 1. The van der Waals surface area contributed by atoms with Crippen molar-refractivity contribution in [2.24, 2.45) is 0 Å². The SMILES string of the molecule is C/C=C/CCc1c(F)cc(OC(=O)c2c(F)cc(-c3ccc(C[C@@H](C)c4ccccc4)cc3)cc2F)cc1F. The summed E-state index contributed by atoms with van der Waals surface area (Å²) in [7, 11) is 0. The van der Waals surface area contributed by atoms with Crippen LogP contribution < -0.4 is 4.74 Å². The zero-order chi connectivity index (χ0) is 27.9. The maximum absolute atomic E-state index is 14.9. The van der Waals surface area contributed by atoms with Crippen molar-refractivity contribution in [3.05, 3.63) is 137 Å². The number of allylic oxidation sites excluding steroid dienone is 2. The van der Waals surface area contributed by atoms with Crippen LogP contribution >= 0.6 is 0 Å². The van der Waals surface area contributed by atoms with Gasteiger partial charge >= 0.3 is 5.97 Å². The van der Waals surface area contributed by atoms with E-state index in [9.17, 15) is 22.4 Å². The van der Waals surface area contributed by atoms with E-state index < -0.39 is 40.6 Å². The van der Waals surface area contributed by atoms with E-state index in [1.165, 1.54) is 5.56 Å². The number of carbonyl (C=O) groups is 1. The number of carbonyl (C=O) groups excluding carboxylic acids is 1. The van der Waals surface area contributed by atoms with Gasteiger partial charge in [0.15, 0.2) is 0 Å². The molecule has 6 heteroatoms. The first-order valence-corrected chi connectivity index (χ1v) is 12.7. The highest BCUT2D eigenvalue weighted by atomic mass is 19.1. The number of hydrogen-bond donors (Lipinski definition) is 0. The molecule has 0 aliphatic heterocycles. The number of halogens is 4. The maximum Gasteiger partial charge on any atom is 0.349 e. The lowest BCUT2D eigenvalue weighted by Crippen LogP contribution is -2.14. The Bertz CT molecular complexity index is 1430. The van der Waals surface area contributed by atoms with Crippen LogP contribution in [-0.4, -0.2) is 5.97 Å². The molecule has 0 spiro atoms. The summed E-state index contributed by atoms with van der Waals surface area (Å²) >= 11 is 0. The van der Waals surface area contributed by atoms with Crippen molar-refractivity contribution in [2.45, 2.75) is 39.0 Å². The monoisotopic (exact) mass is 532 g/mol. The lowest BCUT2D eigenvalue weighted by atomic mass is 9.93. The summed E-state index contributed by atoms with van der Waals surface area (Å²) in [4.78, 5) is 12.5. The fourth-order valence-corrected chi connectivity index (χ4v) is 4.45. The molecule has 0 N–H and O–H groups in total. The van der Waals surface area contributed by atoms with Crippen LogP contribution in [0, 0.1) is 23.3 Å². The first-order chi connectivity index (χ1) is 18.8. The molecule has 4 aromatic carbocycles. The van der Waals surface area contributed by atoms with E-state index in [0.29, 0.717) is 17.9 Å². The van der Waals surface area contributed by atoms with Gasteiger partial charge in [0.1, 0.15) is 34.6 Å². The third-order valence-electron chi connectivity index (χ3n) is 6.57. The zero-order valence-electron chi connectivity index (χ0n) is 21.7. The zero-order valence-corrected chi connectivity index (χ0v) is 21.7. The molecule has 39 heavy (non-hydrogen) atoms. The standard InChI is InChI=1S/C33H28F4O2/c1-3-4-6-11-27-28(34)19-26(20-29(27)35)39-33(38)32-30(36)17-25(18-31(32)37)24-14-12-22(13-15-24)16-21(2)23-9-7-5-8-10-23/h3-5,7-10,12-15,17-21H,6,11,16H2,1-2H3/b4-3+/t21-/m1/s1. The maximum atomic E-state index is 14.9. The van der Waals surface area contributed by atoms with Gasteiger partial charge in [-0.3, -0.25) is 0 Å². The van der Waals surface area contributed by atoms with Gasteiger partial charge in [0.25, 0.3) is 0 Å². The minimum Gasteiger partial charge on any atom is -0.423 e. The van der Waals surface area contributed by atoms with Crippen molar-refractivity contribution in [3.63, 3.8) is 0 Å². The van der Waals surface area contributed by atoms with Crippen molar-refractivity contribution < 1.29 is 27.1 Å². The molecule has 200 valence electrons. The van der Waals surface area contributed by atoms with Gasteiger partial charge in [0, 0.05) is 17.7 Å². The Hall–Kier alpha value is -4.19. The first-order valence-electron chi connectivity index (χ1n) is 12.7. The quantitative estimate of drug-likeness (QED) is 0.0931. The van der Waals surface area contributed by atoms with E-state index in [1.54, 1.807) is 31.2 Å². The largest absolute Gasteiger partial charge is 0.423 e. The molecule has 1 atom stereocenters. The average molecular weight is 533 g/mol. The molecule has 0 amide bonds. The fraction of sp³-hybridized carbons (Fsp3) is 0.182. The van der Waals surface area contributed by atoms with Crippen molar-refractivity contribution >= 4 is 5.97 Å². The van der Waals surface area contributed by atoms with E-state index >= 15 is 0 Å². The molecular formula is C33H28F4O2. The second kappa shape index (κ2) is 12.6. The Kier molecular flexibility index (Phi) is 8.97. The van der Waals surface area contributed by atoms with Gasteiger partial charge in [-0.2, -0.15) is 0 Å². The Morgan fingerprint density at radius 1 is 0.821 bits per heavy atom. The average Bonchev–Trinajstić information content (AvgIpc) is 2.90. The Balaban J connectivity index is 1.48. The highest BCUT2D eigenvalue weighted by Gasteiger charge is 2.23. The summed E-state index contributed by atoms with van der Waals surface area (Å²) in [5.41, 5.74) is 2.01. The minimum atomic E-state index is -1.39. The van der Waals surface area contributed by atoms with Crippen LogP contribution in [0.25, 0.3) is 11.1 Å². The molecular weight excluding hydrogens is 504 g/mol. The molecule has 0 heterocycles. The lowest BCUT2D eigenvalue weighted by Gasteiger charge is -2.13. The van der Waals surface area contributed by atoms with Gasteiger partial charge in [0.2, 0.25) is 0 Å². The van der Waals surface area contributed by atoms with E-state index in [-0.39, 0.29) is 17.5 Å². The van der Waals surface area contributed by atoms with Crippen LogP contribution in [0.15, 0.2) is 91.0 Å². The predicted molar refractivity (Wildman–Crippen MR) is 145 cm³/mol. The van der Waals surface area contributed by atoms with Gasteiger partial charge in [-0.25, -0.2) is 22.4 Å². The van der Waals surface area contributed by atoms with Crippen LogP contribution in [0.2, 0.25) is 0 Å². The topological polar surface area (TPSA) is 26.3 Å². The summed E-state index contributed by atoms with van der Waals surface area (Å²) in [5, 5.41) is 0. The molecule has 0 saturated heterocycles. The van der Waals surface area contributed by atoms with Crippen molar-refractivity contribution in [1.29, 1.82) is 0 Å². The molecule has 0 bridgehead atoms. The van der Waals surface area contributed by atoms with Gasteiger partial charge in [0.05, 0.1) is 0 Å². The van der Waals surface area contributed by atoms with Crippen LogP contribution in [0.5, 0.6) is 5.75 Å². The highest BCUT2D eigenvalue weighted by Crippen LogP contribution is 2.28. The smallest absolute Gasteiger partial charge is 0.349 e. The van der Waals surface area contributed by atoms with Crippen molar-refractivity contribution in [2.75, 3.05) is 0 Å². The van der Waals surface area contributed by atoms with Crippen LogP contribution in [0.1, 0.15) is 53.2 Å². The molecule has 2 nitrogen and oxygen atoms in total. The summed E-state index contributed by atoms with van der Waals surface area (Å²) in [6.45, 7) is 3.93. The minimum absolute atomic E-state index is 0.119. The van der Waals surface area contributed by atoms with Gasteiger partial charge in [-0.05, 0) is 66.5 Å². The van der Waals surface area contributed by atoms with Gasteiger partial charge in [-0.1, -0.05) is 73.7 Å². The van der Waals surface area contributed by atoms with E-state index in [1.807, 2.05) is 30.3 Å². The predicted octanol–water partition coefficient (Wildman–Crippen LogP) is 8.98. The second-order valence-corrected chi connectivity index (χ2v) is 9.39. The lowest BCUT2D eigenvalue weighted by molar-refractivity contribution is 0.0723. The Morgan fingerprint density at radius 2 is 1.44 bits per heavy atom.